The summed E-state index contributed by atoms with van der Waals surface area (Å²) in [6.45, 7) is 0.299. The van der Waals surface area contributed by atoms with Crippen molar-refractivity contribution in [2.45, 2.75) is 6.42 Å². The van der Waals surface area contributed by atoms with Crippen LogP contribution in [0, 0.1) is 0 Å². The summed E-state index contributed by atoms with van der Waals surface area (Å²) in [5, 5.41) is 2.94. The van der Waals surface area contributed by atoms with Crippen LogP contribution in [0.3, 0.4) is 0 Å². The van der Waals surface area contributed by atoms with Crippen molar-refractivity contribution in [1.29, 1.82) is 0 Å². The average Bonchev–Trinajstić information content (AvgIpc) is 2.30. The second-order valence-electron chi connectivity index (χ2n) is 3.33. The Balaban J connectivity index is 2.52. The van der Waals surface area contributed by atoms with Gasteiger partial charge in [-0.05, 0) is 24.1 Å². The first-order valence-corrected chi connectivity index (χ1v) is 5.32. The zero-order chi connectivity index (χ0) is 12.8. The summed E-state index contributed by atoms with van der Waals surface area (Å²) < 4.78 is 5.01. The van der Waals surface area contributed by atoms with Crippen molar-refractivity contribution < 1.29 is 14.3 Å². The second-order valence-corrected chi connectivity index (χ2v) is 3.73. The SMILES string of the molecule is COc1ccc(CCNC(=O)C(N)=O)c(Cl)c1. The maximum Gasteiger partial charge on any atom is 0.309 e. The first-order valence-electron chi connectivity index (χ1n) is 4.94. The van der Waals surface area contributed by atoms with Crippen LogP contribution in [0.2, 0.25) is 5.02 Å². The molecule has 0 saturated heterocycles. The molecule has 3 N–H and O–H groups in total. The van der Waals surface area contributed by atoms with Crippen LogP contribution in [0.1, 0.15) is 5.56 Å². The van der Waals surface area contributed by atoms with E-state index in [1.165, 1.54) is 0 Å². The molecule has 0 unspecified atom stereocenters. The number of rotatable bonds is 4. The summed E-state index contributed by atoms with van der Waals surface area (Å²) in [7, 11) is 1.55. The predicted molar refractivity (Wildman–Crippen MR) is 63.9 cm³/mol. The molecular formula is C11H13ClN2O3. The molecule has 0 aliphatic heterocycles. The molecule has 0 heterocycles. The third kappa shape index (κ3) is 3.96. The zero-order valence-electron chi connectivity index (χ0n) is 9.33. The molecule has 1 aromatic carbocycles. The third-order valence-electron chi connectivity index (χ3n) is 2.16. The zero-order valence-corrected chi connectivity index (χ0v) is 10.1. The van der Waals surface area contributed by atoms with Crippen molar-refractivity contribution in [3.05, 3.63) is 28.8 Å². The van der Waals surface area contributed by atoms with Gasteiger partial charge in [0.1, 0.15) is 5.75 Å². The van der Waals surface area contributed by atoms with Gasteiger partial charge in [-0.2, -0.15) is 0 Å². The topological polar surface area (TPSA) is 81.4 Å². The van der Waals surface area contributed by atoms with E-state index in [2.05, 4.69) is 5.32 Å². The van der Waals surface area contributed by atoms with Gasteiger partial charge in [0.15, 0.2) is 0 Å². The highest BCUT2D eigenvalue weighted by Gasteiger charge is 2.08. The van der Waals surface area contributed by atoms with Crippen molar-refractivity contribution in [2.75, 3.05) is 13.7 Å². The molecule has 0 bridgehead atoms. The van der Waals surface area contributed by atoms with Gasteiger partial charge in [0, 0.05) is 11.6 Å². The number of carbonyl (C=O) groups excluding carboxylic acids is 2. The quantitative estimate of drug-likeness (QED) is 0.770. The fourth-order valence-electron chi connectivity index (χ4n) is 1.26. The number of amides is 2. The van der Waals surface area contributed by atoms with E-state index in [-0.39, 0.29) is 0 Å². The number of nitrogens with one attached hydrogen (secondary N) is 1. The van der Waals surface area contributed by atoms with Crippen LogP contribution in [-0.2, 0) is 16.0 Å². The normalized spacial score (nSPS) is 9.76. The van der Waals surface area contributed by atoms with Crippen LogP contribution in [0.15, 0.2) is 18.2 Å². The molecule has 17 heavy (non-hydrogen) atoms. The van der Waals surface area contributed by atoms with Crippen molar-refractivity contribution >= 4 is 23.4 Å². The molecule has 1 rings (SSSR count). The molecule has 0 saturated carbocycles. The Bertz CT molecular complexity index is 435. The van der Waals surface area contributed by atoms with E-state index < -0.39 is 11.8 Å². The molecule has 0 aromatic heterocycles. The summed E-state index contributed by atoms with van der Waals surface area (Å²) in [6.07, 6.45) is 0.516. The Labute approximate surface area is 104 Å². The Morgan fingerprint density at radius 1 is 1.47 bits per heavy atom. The van der Waals surface area contributed by atoms with Crippen molar-refractivity contribution in [3.63, 3.8) is 0 Å². The van der Waals surface area contributed by atoms with E-state index in [0.717, 1.165) is 5.56 Å². The lowest BCUT2D eigenvalue weighted by Gasteiger charge is -2.07. The molecule has 0 spiro atoms. The number of methoxy groups -OCH3 is 1. The van der Waals surface area contributed by atoms with E-state index in [0.29, 0.717) is 23.7 Å². The summed E-state index contributed by atoms with van der Waals surface area (Å²) in [4.78, 5) is 21.3. The van der Waals surface area contributed by atoms with E-state index >= 15 is 0 Å². The minimum absolute atomic E-state index is 0.299. The molecule has 0 atom stereocenters. The van der Waals surface area contributed by atoms with Gasteiger partial charge in [-0.25, -0.2) is 0 Å². The summed E-state index contributed by atoms with van der Waals surface area (Å²) in [6, 6.07) is 5.27. The molecule has 5 nitrogen and oxygen atoms in total. The number of nitrogens with two attached hydrogens (primary N) is 1. The van der Waals surface area contributed by atoms with Crippen molar-refractivity contribution in [2.24, 2.45) is 5.73 Å². The Kier molecular flexibility index (Phi) is 4.78. The van der Waals surface area contributed by atoms with Crippen molar-refractivity contribution in [3.8, 4) is 5.75 Å². The minimum atomic E-state index is -0.995. The lowest BCUT2D eigenvalue weighted by Crippen LogP contribution is -2.37. The van der Waals surface area contributed by atoms with E-state index in [4.69, 9.17) is 22.1 Å². The highest BCUT2D eigenvalue weighted by molar-refractivity contribution is 6.34. The van der Waals surface area contributed by atoms with Crippen LogP contribution in [-0.4, -0.2) is 25.5 Å². The van der Waals surface area contributed by atoms with Gasteiger partial charge in [0.2, 0.25) is 0 Å². The number of benzene rings is 1. The standard InChI is InChI=1S/C11H13ClN2O3/c1-17-8-3-2-7(9(12)6-8)4-5-14-11(16)10(13)15/h2-3,6H,4-5H2,1H3,(H2,13,15)(H,14,16). The highest BCUT2D eigenvalue weighted by Crippen LogP contribution is 2.22. The molecule has 92 valence electrons. The summed E-state index contributed by atoms with van der Waals surface area (Å²) >= 11 is 6.00. The number of primary amides is 1. The number of carbonyl (C=O) groups is 2. The van der Waals surface area contributed by atoms with E-state index in [1.54, 1.807) is 25.3 Å². The molecule has 0 aliphatic rings. The Morgan fingerprint density at radius 2 is 2.18 bits per heavy atom. The number of ether oxygens (including phenoxy) is 1. The number of hydrogen-bond donors (Lipinski definition) is 2. The maximum absolute atomic E-state index is 10.9. The van der Waals surface area contributed by atoms with Crippen LogP contribution < -0.4 is 15.8 Å². The van der Waals surface area contributed by atoms with Gasteiger partial charge in [-0.1, -0.05) is 17.7 Å². The van der Waals surface area contributed by atoms with Gasteiger partial charge in [0.25, 0.3) is 0 Å². The summed E-state index contributed by atoms with van der Waals surface area (Å²) in [5.74, 6) is -1.12. The lowest BCUT2D eigenvalue weighted by molar-refractivity contribution is -0.137. The van der Waals surface area contributed by atoms with Crippen LogP contribution >= 0.6 is 11.6 Å². The fraction of sp³-hybridized carbons (Fsp3) is 0.273. The fourth-order valence-corrected chi connectivity index (χ4v) is 1.52. The van der Waals surface area contributed by atoms with Gasteiger partial charge in [0.05, 0.1) is 7.11 Å². The minimum Gasteiger partial charge on any atom is -0.497 e. The van der Waals surface area contributed by atoms with Crippen molar-refractivity contribution in [1.82, 2.24) is 5.32 Å². The van der Waals surface area contributed by atoms with Gasteiger partial charge >= 0.3 is 11.8 Å². The summed E-state index contributed by atoms with van der Waals surface area (Å²) in [5.41, 5.74) is 5.65. The molecule has 1 aromatic rings. The molecule has 2 amide bonds. The average molecular weight is 257 g/mol. The smallest absolute Gasteiger partial charge is 0.309 e. The van der Waals surface area contributed by atoms with Crippen LogP contribution in [0.4, 0.5) is 0 Å². The lowest BCUT2D eigenvalue weighted by atomic mass is 10.1. The molecule has 0 aliphatic carbocycles. The maximum atomic E-state index is 10.9. The Hall–Kier alpha value is -1.75. The predicted octanol–water partition coefficient (Wildman–Crippen LogP) is 0.493. The Morgan fingerprint density at radius 3 is 2.71 bits per heavy atom. The van der Waals surface area contributed by atoms with Gasteiger partial charge < -0.3 is 15.8 Å². The number of halogens is 1. The van der Waals surface area contributed by atoms with E-state index in [9.17, 15) is 9.59 Å². The highest BCUT2D eigenvalue weighted by atomic mass is 35.5. The van der Waals surface area contributed by atoms with Gasteiger partial charge in [-0.15, -0.1) is 0 Å². The monoisotopic (exact) mass is 256 g/mol. The first-order chi connectivity index (χ1) is 8.04. The van der Waals surface area contributed by atoms with E-state index in [1.807, 2.05) is 0 Å². The third-order valence-corrected chi connectivity index (χ3v) is 2.52. The number of hydrogen-bond acceptors (Lipinski definition) is 3. The van der Waals surface area contributed by atoms with Crippen LogP contribution in [0.5, 0.6) is 5.75 Å². The molecular weight excluding hydrogens is 244 g/mol. The molecule has 0 radical (unpaired) electrons. The second kappa shape index (κ2) is 6.10. The largest absolute Gasteiger partial charge is 0.497 e. The van der Waals surface area contributed by atoms with Crippen LogP contribution in [0.25, 0.3) is 0 Å². The molecule has 0 fully saturated rings. The first kappa shape index (κ1) is 13.3. The molecule has 6 heteroatoms. The van der Waals surface area contributed by atoms with Gasteiger partial charge in [-0.3, -0.25) is 9.59 Å².